The summed E-state index contributed by atoms with van der Waals surface area (Å²) in [6, 6.07) is 2.91. The number of nitrogens with two attached hydrogens (primary N) is 1. The minimum absolute atomic E-state index is 0.0500. The Morgan fingerprint density at radius 2 is 2.00 bits per heavy atom. The van der Waals surface area contributed by atoms with Gasteiger partial charge in [0.15, 0.2) is 0 Å². The average molecular weight is 311 g/mol. The van der Waals surface area contributed by atoms with Crippen molar-refractivity contribution in [3.8, 4) is 5.75 Å². The number of hydrogen-bond acceptors (Lipinski definition) is 5. The molecule has 0 bridgehead atoms. The molecular formula is C14H15ClN2O4. The fourth-order valence-electron chi connectivity index (χ4n) is 1.57. The number of halogens is 1. The van der Waals surface area contributed by atoms with Crippen LogP contribution in [-0.4, -0.2) is 31.8 Å². The second kappa shape index (κ2) is 7.44. The topological polar surface area (TPSA) is 91.0 Å². The Morgan fingerprint density at radius 1 is 1.33 bits per heavy atom. The van der Waals surface area contributed by atoms with Crippen molar-refractivity contribution in [3.63, 3.8) is 0 Å². The van der Waals surface area contributed by atoms with Gasteiger partial charge in [0.2, 0.25) is 0 Å². The van der Waals surface area contributed by atoms with Gasteiger partial charge in [0.05, 0.1) is 11.3 Å². The fourth-order valence-corrected chi connectivity index (χ4v) is 1.72. The van der Waals surface area contributed by atoms with Gasteiger partial charge in [-0.1, -0.05) is 18.2 Å². The normalized spacial score (nSPS) is 9.81. The Bertz CT molecular complexity index is 599. The molecular weight excluding hydrogens is 296 g/mol. The molecule has 21 heavy (non-hydrogen) atoms. The molecule has 0 aliphatic carbocycles. The van der Waals surface area contributed by atoms with Gasteiger partial charge in [-0.05, 0) is 12.8 Å². The number of primary amides is 1. The molecule has 0 unspecified atom stereocenters. The molecule has 0 aliphatic rings. The molecule has 1 amide bonds. The van der Waals surface area contributed by atoms with Gasteiger partial charge in [-0.15, -0.1) is 0 Å². The van der Waals surface area contributed by atoms with Crippen LogP contribution in [0.1, 0.15) is 22.8 Å². The van der Waals surface area contributed by atoms with Crippen LogP contribution in [0.5, 0.6) is 5.75 Å². The van der Waals surface area contributed by atoms with E-state index in [1.807, 2.05) is 0 Å². The van der Waals surface area contributed by atoms with Gasteiger partial charge >= 0.3 is 5.97 Å². The lowest BCUT2D eigenvalue weighted by Gasteiger charge is -2.13. The van der Waals surface area contributed by atoms with Crippen LogP contribution >= 0.6 is 11.6 Å². The van der Waals surface area contributed by atoms with Gasteiger partial charge in [-0.25, -0.2) is 0 Å². The first-order valence-corrected chi connectivity index (χ1v) is 6.30. The van der Waals surface area contributed by atoms with E-state index in [-0.39, 0.29) is 29.6 Å². The molecule has 0 saturated carbocycles. The Hall–Kier alpha value is -2.34. The summed E-state index contributed by atoms with van der Waals surface area (Å²) < 4.78 is 10.1. The first kappa shape index (κ1) is 16.7. The Morgan fingerprint density at radius 3 is 2.48 bits per heavy atom. The molecule has 0 fully saturated rings. The highest BCUT2D eigenvalue weighted by Gasteiger charge is 2.15. The van der Waals surface area contributed by atoms with Crippen molar-refractivity contribution in [2.75, 3.05) is 13.2 Å². The molecule has 1 aromatic carbocycles. The van der Waals surface area contributed by atoms with E-state index in [0.717, 1.165) is 0 Å². The van der Waals surface area contributed by atoms with Crippen molar-refractivity contribution in [2.45, 2.75) is 6.92 Å². The Balaban J connectivity index is 3.06. The monoisotopic (exact) mass is 310 g/mol. The van der Waals surface area contributed by atoms with Gasteiger partial charge in [0.25, 0.3) is 5.91 Å². The number of hydrogen-bond donors (Lipinski definition) is 1. The van der Waals surface area contributed by atoms with Crippen LogP contribution in [-0.2, 0) is 9.53 Å². The molecule has 7 heteroatoms. The van der Waals surface area contributed by atoms with E-state index in [0.29, 0.717) is 11.3 Å². The van der Waals surface area contributed by atoms with Crippen LogP contribution in [0.4, 0.5) is 5.69 Å². The Labute approximate surface area is 127 Å². The molecule has 0 radical (unpaired) electrons. The molecule has 0 heterocycles. The van der Waals surface area contributed by atoms with Crippen molar-refractivity contribution < 1.29 is 19.1 Å². The highest BCUT2D eigenvalue weighted by molar-refractivity contribution is 6.48. The third kappa shape index (κ3) is 4.61. The van der Waals surface area contributed by atoms with Gasteiger partial charge < -0.3 is 15.2 Å². The minimum atomic E-state index is -0.688. The smallest absolute Gasteiger partial charge is 0.302 e. The zero-order chi connectivity index (χ0) is 16.0. The lowest BCUT2D eigenvalue weighted by atomic mass is 10.1. The molecule has 0 saturated heterocycles. The molecule has 0 aromatic heterocycles. The predicted molar refractivity (Wildman–Crippen MR) is 81.2 cm³/mol. The zero-order valence-electron chi connectivity index (χ0n) is 11.5. The molecule has 6 nitrogen and oxygen atoms in total. The molecule has 112 valence electrons. The van der Waals surface area contributed by atoms with Crippen LogP contribution < -0.4 is 10.5 Å². The van der Waals surface area contributed by atoms with Crippen LogP contribution in [0.3, 0.4) is 0 Å². The van der Waals surface area contributed by atoms with Crippen LogP contribution in [0.2, 0.25) is 0 Å². The lowest BCUT2D eigenvalue weighted by molar-refractivity contribution is -0.141. The third-order valence-corrected chi connectivity index (χ3v) is 2.68. The second-order valence-electron chi connectivity index (χ2n) is 3.98. The zero-order valence-corrected chi connectivity index (χ0v) is 12.3. The molecule has 0 atom stereocenters. The first-order valence-electron chi connectivity index (χ1n) is 5.92. The number of ether oxygens (including phenoxy) is 2. The van der Waals surface area contributed by atoms with Gasteiger partial charge in [0.1, 0.15) is 19.0 Å². The van der Waals surface area contributed by atoms with Crippen molar-refractivity contribution in [1.82, 2.24) is 0 Å². The summed E-state index contributed by atoms with van der Waals surface area (Å²) in [6.07, 6.45) is 0. The van der Waals surface area contributed by atoms with Gasteiger partial charge in [-0.3, -0.25) is 14.6 Å². The maximum atomic E-state index is 11.5. The highest BCUT2D eigenvalue weighted by atomic mass is 35.5. The van der Waals surface area contributed by atoms with E-state index in [4.69, 9.17) is 26.8 Å². The third-order valence-electron chi connectivity index (χ3n) is 2.47. The largest absolute Gasteiger partial charge is 0.489 e. The van der Waals surface area contributed by atoms with Crippen molar-refractivity contribution in [2.24, 2.45) is 10.7 Å². The quantitative estimate of drug-likeness (QED) is 0.475. The van der Waals surface area contributed by atoms with Crippen LogP contribution in [0.25, 0.3) is 5.03 Å². The summed E-state index contributed by atoms with van der Waals surface area (Å²) in [7, 11) is 0. The molecule has 0 aliphatic heterocycles. The summed E-state index contributed by atoms with van der Waals surface area (Å²) in [6.45, 7) is 8.41. The number of aliphatic imine (C=N–C) groups is 1. The number of amides is 1. The molecule has 1 rings (SSSR count). The van der Waals surface area contributed by atoms with E-state index in [1.165, 1.54) is 19.1 Å². The minimum Gasteiger partial charge on any atom is -0.489 e. The number of carbonyl (C=O) groups is 2. The van der Waals surface area contributed by atoms with E-state index in [2.05, 4.69) is 18.3 Å². The molecule has 2 N–H and O–H groups in total. The van der Waals surface area contributed by atoms with Crippen molar-refractivity contribution >= 4 is 40.9 Å². The average Bonchev–Trinajstić information content (AvgIpc) is 2.42. The first-order chi connectivity index (χ1) is 9.86. The molecule has 1 aromatic rings. The summed E-state index contributed by atoms with van der Waals surface area (Å²) in [4.78, 5) is 25.9. The number of benzene rings is 1. The number of rotatable bonds is 7. The van der Waals surface area contributed by atoms with E-state index >= 15 is 0 Å². The van der Waals surface area contributed by atoms with Crippen molar-refractivity contribution in [1.29, 1.82) is 0 Å². The lowest BCUT2D eigenvalue weighted by Crippen LogP contribution is -2.15. The van der Waals surface area contributed by atoms with Gasteiger partial charge in [-0.2, -0.15) is 0 Å². The highest BCUT2D eigenvalue weighted by Crippen LogP contribution is 2.34. The number of carbonyl (C=O) groups excluding carboxylic acids is 2. The number of esters is 1. The summed E-state index contributed by atoms with van der Waals surface area (Å²) >= 11 is 5.85. The van der Waals surface area contributed by atoms with E-state index in [1.54, 1.807) is 0 Å². The summed E-state index contributed by atoms with van der Waals surface area (Å²) in [5, 5.41) is 0.200. The van der Waals surface area contributed by atoms with Crippen LogP contribution in [0.15, 0.2) is 23.7 Å². The SMILES string of the molecule is C=Nc1cc(OCCOC(C)=O)c(C(N)=O)cc1C(=C)Cl. The maximum absolute atomic E-state index is 11.5. The van der Waals surface area contributed by atoms with Gasteiger partial charge in [0, 0.05) is 23.6 Å². The molecule has 0 spiro atoms. The fraction of sp³-hybridized carbons (Fsp3) is 0.214. The predicted octanol–water partition coefficient (Wildman–Crippen LogP) is 2.27. The maximum Gasteiger partial charge on any atom is 0.302 e. The van der Waals surface area contributed by atoms with Crippen LogP contribution in [0, 0.1) is 0 Å². The summed E-state index contributed by atoms with van der Waals surface area (Å²) in [5.74, 6) is -0.901. The van der Waals surface area contributed by atoms with Crippen molar-refractivity contribution in [3.05, 3.63) is 29.8 Å². The van der Waals surface area contributed by atoms with E-state index < -0.39 is 11.9 Å². The second-order valence-corrected chi connectivity index (χ2v) is 4.44. The summed E-state index contributed by atoms with van der Waals surface area (Å²) in [5.41, 5.74) is 6.27. The number of nitrogens with zero attached hydrogens (tertiary/aromatic N) is 1. The standard InChI is InChI=1S/C14H15ClN2O4/c1-8(15)10-6-11(14(16)19)13(7-12(10)17-3)21-5-4-20-9(2)18/h6-7H,1,3-5H2,2H3,(H2,16,19). The Kier molecular flexibility index (Phi) is 5.92. The van der Waals surface area contributed by atoms with E-state index in [9.17, 15) is 9.59 Å².